The molecule has 0 radical (unpaired) electrons. The molecule has 1 fully saturated rings. The summed E-state index contributed by atoms with van der Waals surface area (Å²) in [7, 11) is 0. The van der Waals surface area contributed by atoms with Gasteiger partial charge in [-0.15, -0.1) is 0 Å². The van der Waals surface area contributed by atoms with Crippen LogP contribution in [0.5, 0.6) is 0 Å². The van der Waals surface area contributed by atoms with Gasteiger partial charge < -0.3 is 9.64 Å². The van der Waals surface area contributed by atoms with Crippen molar-refractivity contribution in [2.75, 3.05) is 19.8 Å². The lowest BCUT2D eigenvalue weighted by atomic mass is 10.1. The zero-order valence-electron chi connectivity index (χ0n) is 11.9. The number of hydrogen-bond donors (Lipinski definition) is 0. The standard InChI is InChI=1S/C15H17F4NO2/c16-12-5-3-11(4-6-12)8-14(21)20(10-15(17,18)19)13-2-1-7-22-9-13/h3-6,13H,1-2,7-10H2. The summed E-state index contributed by atoms with van der Waals surface area (Å²) in [6.07, 6.45) is -3.53. The fraction of sp³-hybridized carbons (Fsp3) is 0.533. The molecule has 0 saturated carbocycles. The Morgan fingerprint density at radius 2 is 1.95 bits per heavy atom. The summed E-state index contributed by atoms with van der Waals surface area (Å²) >= 11 is 0. The van der Waals surface area contributed by atoms with E-state index in [9.17, 15) is 22.4 Å². The van der Waals surface area contributed by atoms with Crippen molar-refractivity contribution in [2.45, 2.75) is 31.5 Å². The van der Waals surface area contributed by atoms with Gasteiger partial charge in [0.2, 0.25) is 5.91 Å². The quantitative estimate of drug-likeness (QED) is 0.799. The second-order valence-electron chi connectivity index (χ2n) is 5.31. The number of nitrogens with zero attached hydrogens (tertiary/aromatic N) is 1. The lowest BCUT2D eigenvalue weighted by Gasteiger charge is -2.34. The van der Waals surface area contributed by atoms with Crippen LogP contribution in [-0.4, -0.2) is 42.8 Å². The topological polar surface area (TPSA) is 29.5 Å². The summed E-state index contributed by atoms with van der Waals surface area (Å²) in [5, 5.41) is 0. The second kappa shape index (κ2) is 7.09. The van der Waals surface area contributed by atoms with Gasteiger partial charge in [-0.2, -0.15) is 13.2 Å². The highest BCUT2D eigenvalue weighted by atomic mass is 19.4. The van der Waals surface area contributed by atoms with Crippen molar-refractivity contribution in [3.63, 3.8) is 0 Å². The molecule has 1 saturated heterocycles. The molecule has 1 heterocycles. The summed E-state index contributed by atoms with van der Waals surface area (Å²) in [5.41, 5.74) is 0.482. The Hall–Kier alpha value is -1.63. The number of halogens is 4. The van der Waals surface area contributed by atoms with Crippen molar-refractivity contribution in [1.82, 2.24) is 4.90 Å². The second-order valence-corrected chi connectivity index (χ2v) is 5.31. The lowest BCUT2D eigenvalue weighted by Crippen LogP contribution is -2.49. The van der Waals surface area contributed by atoms with Crippen molar-refractivity contribution in [3.05, 3.63) is 35.6 Å². The maximum Gasteiger partial charge on any atom is 0.406 e. The van der Waals surface area contributed by atoms with Gasteiger partial charge in [0, 0.05) is 6.61 Å². The zero-order valence-corrected chi connectivity index (χ0v) is 11.9. The van der Waals surface area contributed by atoms with Crippen LogP contribution in [0.15, 0.2) is 24.3 Å². The predicted octanol–water partition coefficient (Wildman–Crippen LogP) is 2.94. The van der Waals surface area contributed by atoms with E-state index in [4.69, 9.17) is 4.74 Å². The molecule has 22 heavy (non-hydrogen) atoms. The predicted molar refractivity (Wildman–Crippen MR) is 71.7 cm³/mol. The van der Waals surface area contributed by atoms with Crippen molar-refractivity contribution in [2.24, 2.45) is 0 Å². The Labute approximate surface area is 125 Å². The number of carbonyl (C=O) groups is 1. The van der Waals surface area contributed by atoms with Crippen molar-refractivity contribution in [3.8, 4) is 0 Å². The third kappa shape index (κ3) is 4.98. The van der Waals surface area contributed by atoms with E-state index < -0.39 is 30.5 Å². The van der Waals surface area contributed by atoms with Gasteiger partial charge in [0.1, 0.15) is 12.4 Å². The van der Waals surface area contributed by atoms with Crippen LogP contribution >= 0.6 is 0 Å². The lowest BCUT2D eigenvalue weighted by molar-refractivity contribution is -0.169. The van der Waals surface area contributed by atoms with E-state index in [0.717, 1.165) is 4.90 Å². The summed E-state index contributed by atoms with van der Waals surface area (Å²) in [6.45, 7) is -0.672. The molecule has 1 unspecified atom stereocenters. The number of alkyl halides is 3. The van der Waals surface area contributed by atoms with Crippen LogP contribution in [0.25, 0.3) is 0 Å². The average molecular weight is 319 g/mol. The van der Waals surface area contributed by atoms with Gasteiger partial charge in [-0.1, -0.05) is 12.1 Å². The van der Waals surface area contributed by atoms with E-state index in [-0.39, 0.29) is 13.0 Å². The normalized spacial score (nSPS) is 19.0. The van der Waals surface area contributed by atoms with Crippen LogP contribution in [0, 0.1) is 5.82 Å². The van der Waals surface area contributed by atoms with Gasteiger partial charge >= 0.3 is 6.18 Å². The minimum atomic E-state index is -4.46. The van der Waals surface area contributed by atoms with Gasteiger partial charge in [0.15, 0.2) is 0 Å². The van der Waals surface area contributed by atoms with Crippen LogP contribution in [0.2, 0.25) is 0 Å². The molecule has 0 bridgehead atoms. The molecule has 3 nitrogen and oxygen atoms in total. The van der Waals surface area contributed by atoms with E-state index >= 15 is 0 Å². The van der Waals surface area contributed by atoms with E-state index in [1.807, 2.05) is 0 Å². The number of hydrogen-bond acceptors (Lipinski definition) is 2. The summed E-state index contributed by atoms with van der Waals surface area (Å²) in [4.78, 5) is 13.1. The van der Waals surface area contributed by atoms with E-state index in [2.05, 4.69) is 0 Å². The Bertz CT molecular complexity index is 495. The monoisotopic (exact) mass is 319 g/mol. The fourth-order valence-electron chi connectivity index (χ4n) is 2.46. The first-order valence-electron chi connectivity index (χ1n) is 7.03. The maximum absolute atomic E-state index is 12.8. The van der Waals surface area contributed by atoms with Crippen LogP contribution in [0.3, 0.4) is 0 Å². The smallest absolute Gasteiger partial charge is 0.379 e. The molecule has 0 spiro atoms. The minimum Gasteiger partial charge on any atom is -0.379 e. The molecule has 1 atom stereocenters. The Morgan fingerprint density at radius 1 is 1.27 bits per heavy atom. The van der Waals surface area contributed by atoms with Gasteiger partial charge in [-0.3, -0.25) is 4.79 Å². The van der Waals surface area contributed by atoms with Crippen LogP contribution < -0.4 is 0 Å². The first-order chi connectivity index (χ1) is 10.3. The molecule has 1 amide bonds. The number of carbonyl (C=O) groups excluding carboxylic acids is 1. The SMILES string of the molecule is O=C(Cc1ccc(F)cc1)N(CC(F)(F)F)C1CCCOC1. The first kappa shape index (κ1) is 16.7. The molecular formula is C15H17F4NO2. The fourth-order valence-corrected chi connectivity index (χ4v) is 2.46. The van der Waals surface area contributed by atoms with E-state index in [0.29, 0.717) is 25.0 Å². The van der Waals surface area contributed by atoms with E-state index in [1.54, 1.807) is 0 Å². The van der Waals surface area contributed by atoms with Crippen molar-refractivity contribution >= 4 is 5.91 Å². The molecule has 2 rings (SSSR count). The number of ether oxygens (including phenoxy) is 1. The van der Waals surface area contributed by atoms with Gasteiger partial charge in [0.25, 0.3) is 0 Å². The van der Waals surface area contributed by atoms with Crippen LogP contribution in [0.4, 0.5) is 17.6 Å². The molecular weight excluding hydrogens is 302 g/mol. The molecule has 0 N–H and O–H groups in total. The third-order valence-corrected chi connectivity index (χ3v) is 3.52. The van der Waals surface area contributed by atoms with Gasteiger partial charge in [-0.25, -0.2) is 4.39 Å². The van der Waals surface area contributed by atoms with Gasteiger partial charge in [0.05, 0.1) is 19.1 Å². The molecule has 0 aromatic heterocycles. The summed E-state index contributed by atoms with van der Waals surface area (Å²) in [5.74, 6) is -1.08. The average Bonchev–Trinajstić information content (AvgIpc) is 2.47. The minimum absolute atomic E-state index is 0.116. The third-order valence-electron chi connectivity index (χ3n) is 3.52. The van der Waals surface area contributed by atoms with Crippen LogP contribution in [-0.2, 0) is 16.0 Å². The zero-order chi connectivity index (χ0) is 16.2. The summed E-state index contributed by atoms with van der Waals surface area (Å²) < 4.78 is 56.2. The van der Waals surface area contributed by atoms with Crippen LogP contribution in [0.1, 0.15) is 18.4 Å². The Kier molecular flexibility index (Phi) is 5.39. The largest absolute Gasteiger partial charge is 0.406 e. The van der Waals surface area contributed by atoms with Crippen molar-refractivity contribution < 1.29 is 27.1 Å². The highest BCUT2D eigenvalue weighted by Gasteiger charge is 2.37. The summed E-state index contributed by atoms with van der Waals surface area (Å²) in [6, 6.07) is 4.59. The Morgan fingerprint density at radius 3 is 2.50 bits per heavy atom. The van der Waals surface area contributed by atoms with E-state index in [1.165, 1.54) is 24.3 Å². The Balaban J connectivity index is 2.08. The highest BCUT2D eigenvalue weighted by Crippen LogP contribution is 2.22. The number of rotatable bonds is 4. The molecule has 0 aliphatic carbocycles. The molecule has 7 heteroatoms. The molecule has 1 aromatic rings. The first-order valence-corrected chi connectivity index (χ1v) is 7.03. The van der Waals surface area contributed by atoms with Crippen molar-refractivity contribution in [1.29, 1.82) is 0 Å². The molecule has 122 valence electrons. The number of amides is 1. The molecule has 1 aliphatic rings. The number of benzene rings is 1. The van der Waals surface area contributed by atoms with Gasteiger partial charge in [-0.05, 0) is 30.5 Å². The molecule has 1 aromatic carbocycles. The molecule has 1 aliphatic heterocycles. The highest BCUT2D eigenvalue weighted by molar-refractivity contribution is 5.79. The maximum atomic E-state index is 12.8.